The van der Waals surface area contributed by atoms with E-state index < -0.39 is 12.1 Å². The van der Waals surface area contributed by atoms with Gasteiger partial charge >= 0.3 is 0 Å². The van der Waals surface area contributed by atoms with Gasteiger partial charge in [0.1, 0.15) is 18.6 Å². The predicted molar refractivity (Wildman–Crippen MR) is 122 cm³/mol. The molecular formula is C24H29N5O3. The van der Waals surface area contributed by atoms with E-state index in [2.05, 4.69) is 21.3 Å². The standard InChI is InChI=1S/C24H29N5O3/c1-14-13-27-24(32-10-9-29-7-4-8-29)21-20(19(23(26)30)15(2)28-22(14)21)17-6-5-16(12-25)11-18(17)31-3/h5-6,11,13,20,23,28,30H,4,7-10,26H2,1-3H3. The SMILES string of the molecule is COc1cc(C#N)ccc1C1C(C(N)O)=C(C)Nc2c(C)cnc(OCCN3CCC3)c21. The van der Waals surface area contributed by atoms with E-state index in [0.29, 0.717) is 29.4 Å². The number of aromatic nitrogens is 1. The Morgan fingerprint density at radius 3 is 2.78 bits per heavy atom. The molecule has 0 spiro atoms. The first-order valence-corrected chi connectivity index (χ1v) is 10.8. The number of ether oxygens (including phenoxy) is 2. The Bertz CT molecular complexity index is 1090. The second-order valence-corrected chi connectivity index (χ2v) is 8.23. The maximum Gasteiger partial charge on any atom is 0.219 e. The molecule has 8 heteroatoms. The lowest BCUT2D eigenvalue weighted by molar-refractivity contribution is 0.144. The number of nitrogens with two attached hydrogens (primary N) is 1. The Hall–Kier alpha value is -3.12. The highest BCUT2D eigenvalue weighted by molar-refractivity contribution is 5.72. The maximum absolute atomic E-state index is 10.5. The number of anilines is 1. The number of likely N-dealkylation sites (tertiary alicyclic amines) is 1. The summed E-state index contributed by atoms with van der Waals surface area (Å²) in [6.45, 7) is 7.42. The molecule has 2 atom stereocenters. The number of aliphatic hydroxyl groups is 1. The molecule has 0 bridgehead atoms. The molecule has 3 heterocycles. The number of rotatable bonds is 7. The topological polar surface area (TPSA) is 117 Å². The van der Waals surface area contributed by atoms with Crippen molar-refractivity contribution < 1.29 is 14.6 Å². The van der Waals surface area contributed by atoms with Crippen molar-refractivity contribution in [3.8, 4) is 17.7 Å². The van der Waals surface area contributed by atoms with Crippen molar-refractivity contribution in [3.63, 3.8) is 0 Å². The van der Waals surface area contributed by atoms with E-state index in [-0.39, 0.29) is 0 Å². The van der Waals surface area contributed by atoms with E-state index in [0.717, 1.165) is 47.7 Å². The van der Waals surface area contributed by atoms with Crippen LogP contribution in [0.2, 0.25) is 0 Å². The van der Waals surface area contributed by atoms with Gasteiger partial charge in [-0.25, -0.2) is 4.98 Å². The molecule has 2 aliphatic rings. The highest BCUT2D eigenvalue weighted by Crippen LogP contribution is 2.49. The number of aliphatic hydroxyl groups excluding tert-OH is 1. The van der Waals surface area contributed by atoms with Gasteiger partial charge in [0, 0.05) is 41.1 Å². The molecule has 1 saturated heterocycles. The second kappa shape index (κ2) is 9.17. The molecule has 2 unspecified atom stereocenters. The van der Waals surface area contributed by atoms with Crippen LogP contribution < -0.4 is 20.5 Å². The lowest BCUT2D eigenvalue weighted by Gasteiger charge is -2.35. The Labute approximate surface area is 188 Å². The summed E-state index contributed by atoms with van der Waals surface area (Å²) >= 11 is 0. The number of nitrogens with one attached hydrogen (secondary N) is 1. The molecular weight excluding hydrogens is 406 g/mol. The molecule has 1 aromatic heterocycles. The number of fused-ring (bicyclic) bond motifs is 1. The molecule has 1 aromatic carbocycles. The van der Waals surface area contributed by atoms with Gasteiger partial charge in [0.25, 0.3) is 0 Å². The molecule has 4 N–H and O–H groups in total. The van der Waals surface area contributed by atoms with Gasteiger partial charge in [0.15, 0.2) is 0 Å². The number of aryl methyl sites for hydroxylation is 1. The van der Waals surface area contributed by atoms with Crippen LogP contribution in [0, 0.1) is 18.3 Å². The van der Waals surface area contributed by atoms with Crippen molar-refractivity contribution in [2.75, 3.05) is 38.7 Å². The molecule has 0 amide bonds. The van der Waals surface area contributed by atoms with Crippen molar-refractivity contribution in [1.29, 1.82) is 5.26 Å². The largest absolute Gasteiger partial charge is 0.496 e. The van der Waals surface area contributed by atoms with Gasteiger partial charge in [-0.3, -0.25) is 4.90 Å². The van der Waals surface area contributed by atoms with Crippen LogP contribution >= 0.6 is 0 Å². The zero-order valence-electron chi connectivity index (χ0n) is 18.7. The van der Waals surface area contributed by atoms with Crippen molar-refractivity contribution in [2.45, 2.75) is 32.4 Å². The highest BCUT2D eigenvalue weighted by atomic mass is 16.5. The Morgan fingerprint density at radius 1 is 1.38 bits per heavy atom. The fourth-order valence-corrected chi connectivity index (χ4v) is 4.40. The summed E-state index contributed by atoms with van der Waals surface area (Å²) in [5.74, 6) is 0.599. The summed E-state index contributed by atoms with van der Waals surface area (Å²) in [6, 6.07) is 7.42. The van der Waals surface area contributed by atoms with Crippen LogP contribution in [0.3, 0.4) is 0 Å². The minimum atomic E-state index is -1.20. The van der Waals surface area contributed by atoms with Crippen LogP contribution in [0.15, 0.2) is 35.7 Å². The maximum atomic E-state index is 10.5. The fraction of sp³-hybridized carbons (Fsp3) is 0.417. The van der Waals surface area contributed by atoms with Gasteiger partial charge in [0.05, 0.1) is 24.4 Å². The van der Waals surface area contributed by atoms with E-state index in [4.69, 9.17) is 15.2 Å². The number of nitriles is 1. The molecule has 8 nitrogen and oxygen atoms in total. The average Bonchev–Trinajstić information content (AvgIpc) is 2.75. The summed E-state index contributed by atoms with van der Waals surface area (Å²) < 4.78 is 11.8. The van der Waals surface area contributed by atoms with Crippen LogP contribution in [0.25, 0.3) is 0 Å². The number of nitrogens with zero attached hydrogens (tertiary/aromatic N) is 3. The van der Waals surface area contributed by atoms with E-state index in [1.807, 2.05) is 19.9 Å². The van der Waals surface area contributed by atoms with Crippen LogP contribution in [-0.2, 0) is 0 Å². The summed E-state index contributed by atoms with van der Waals surface area (Å²) in [5, 5.41) is 23.3. The zero-order valence-corrected chi connectivity index (χ0v) is 18.7. The quantitative estimate of drug-likeness (QED) is 0.568. The van der Waals surface area contributed by atoms with Crippen molar-refractivity contribution in [1.82, 2.24) is 9.88 Å². The molecule has 32 heavy (non-hydrogen) atoms. The van der Waals surface area contributed by atoms with E-state index >= 15 is 0 Å². The summed E-state index contributed by atoms with van der Waals surface area (Å²) in [4.78, 5) is 6.93. The van der Waals surface area contributed by atoms with E-state index in [1.54, 1.807) is 25.4 Å². The van der Waals surface area contributed by atoms with Crippen LogP contribution in [-0.4, -0.2) is 54.6 Å². The van der Waals surface area contributed by atoms with Gasteiger partial charge in [-0.05, 0) is 51.1 Å². The number of allylic oxidation sites excluding steroid dienone is 1. The first kappa shape index (κ1) is 22.1. The molecule has 0 aliphatic carbocycles. The molecule has 0 radical (unpaired) electrons. The molecule has 0 saturated carbocycles. The number of hydrogen-bond donors (Lipinski definition) is 3. The number of pyridine rings is 1. The van der Waals surface area contributed by atoms with Gasteiger partial charge in [-0.2, -0.15) is 5.26 Å². The van der Waals surface area contributed by atoms with E-state index in [1.165, 1.54) is 6.42 Å². The van der Waals surface area contributed by atoms with Gasteiger partial charge in [-0.15, -0.1) is 0 Å². The van der Waals surface area contributed by atoms with Crippen molar-refractivity contribution in [3.05, 3.63) is 57.9 Å². The number of methoxy groups -OCH3 is 1. The summed E-state index contributed by atoms with van der Waals surface area (Å²) in [7, 11) is 1.57. The average molecular weight is 436 g/mol. The van der Waals surface area contributed by atoms with Gasteiger partial charge < -0.3 is 25.6 Å². The first-order chi connectivity index (χ1) is 15.4. The third kappa shape index (κ3) is 4.02. The third-order valence-corrected chi connectivity index (χ3v) is 6.20. The molecule has 2 aliphatic heterocycles. The monoisotopic (exact) mass is 435 g/mol. The Morgan fingerprint density at radius 2 is 2.16 bits per heavy atom. The van der Waals surface area contributed by atoms with Crippen molar-refractivity contribution in [2.24, 2.45) is 5.73 Å². The lowest BCUT2D eigenvalue weighted by Crippen LogP contribution is -2.39. The molecule has 2 aromatic rings. The molecule has 168 valence electrons. The van der Waals surface area contributed by atoms with Crippen LogP contribution in [0.4, 0.5) is 5.69 Å². The Balaban J connectivity index is 1.84. The zero-order chi connectivity index (χ0) is 22.8. The van der Waals surface area contributed by atoms with Gasteiger partial charge in [0.2, 0.25) is 5.88 Å². The highest BCUT2D eigenvalue weighted by Gasteiger charge is 2.36. The van der Waals surface area contributed by atoms with E-state index in [9.17, 15) is 10.4 Å². The predicted octanol–water partition coefficient (Wildman–Crippen LogP) is 2.46. The van der Waals surface area contributed by atoms with Crippen molar-refractivity contribution >= 4 is 5.69 Å². The lowest BCUT2D eigenvalue weighted by atomic mass is 9.79. The van der Waals surface area contributed by atoms with Crippen LogP contribution in [0.5, 0.6) is 11.6 Å². The summed E-state index contributed by atoms with van der Waals surface area (Å²) in [5.41, 5.74) is 11.3. The third-order valence-electron chi connectivity index (χ3n) is 6.20. The normalized spacial score (nSPS) is 18.8. The van der Waals surface area contributed by atoms with Gasteiger partial charge in [-0.1, -0.05) is 6.07 Å². The van der Waals surface area contributed by atoms with Crippen LogP contribution in [0.1, 0.15) is 41.5 Å². The number of benzene rings is 1. The second-order valence-electron chi connectivity index (χ2n) is 8.23. The molecule has 1 fully saturated rings. The fourth-order valence-electron chi connectivity index (χ4n) is 4.40. The smallest absolute Gasteiger partial charge is 0.219 e. The minimum Gasteiger partial charge on any atom is -0.496 e. The number of hydrogen-bond acceptors (Lipinski definition) is 8. The summed E-state index contributed by atoms with van der Waals surface area (Å²) in [6.07, 6.45) is 1.81. The molecule has 4 rings (SSSR count). The first-order valence-electron chi connectivity index (χ1n) is 10.8. The Kier molecular flexibility index (Phi) is 6.33. The minimum absolute atomic E-state index is 0.444.